The highest BCUT2D eigenvalue weighted by molar-refractivity contribution is 5.70. The van der Waals surface area contributed by atoms with E-state index in [1.54, 1.807) is 0 Å². The quantitative estimate of drug-likeness (QED) is 0.733. The summed E-state index contributed by atoms with van der Waals surface area (Å²) in [5, 5.41) is 8.97. The van der Waals surface area contributed by atoms with Gasteiger partial charge in [0.2, 0.25) is 0 Å². The van der Waals surface area contributed by atoms with Crippen LogP contribution in [0, 0.1) is 5.92 Å². The second-order valence-electron chi connectivity index (χ2n) is 4.61. The number of likely N-dealkylation sites (tertiary alicyclic amines) is 1. The molecule has 0 spiro atoms. The van der Waals surface area contributed by atoms with Crippen LogP contribution in [0.3, 0.4) is 0 Å². The predicted octanol–water partition coefficient (Wildman–Crippen LogP) is 1.73. The normalized spacial score (nSPS) is 30.7. The molecule has 0 radical (unpaired) electrons. The Morgan fingerprint density at radius 2 is 1.86 bits per heavy atom. The van der Waals surface area contributed by atoms with Crippen molar-refractivity contribution in [2.45, 2.75) is 44.6 Å². The molecule has 1 atom stereocenters. The zero-order valence-electron chi connectivity index (χ0n) is 8.61. The second-order valence-corrected chi connectivity index (χ2v) is 4.61. The lowest BCUT2D eigenvalue weighted by Gasteiger charge is -2.35. The summed E-state index contributed by atoms with van der Waals surface area (Å²) in [5.74, 6) is -0.711. The largest absolute Gasteiger partial charge is 0.481 e. The van der Waals surface area contributed by atoms with E-state index in [1.807, 2.05) is 0 Å². The Labute approximate surface area is 85.1 Å². The van der Waals surface area contributed by atoms with E-state index in [4.69, 9.17) is 5.11 Å². The van der Waals surface area contributed by atoms with Gasteiger partial charge in [0.1, 0.15) is 0 Å². The Bertz CT molecular complexity index is 211. The maximum atomic E-state index is 10.9. The number of rotatable bonds is 2. The molecule has 1 N–H and O–H groups in total. The van der Waals surface area contributed by atoms with Crippen molar-refractivity contribution in [2.24, 2.45) is 5.92 Å². The van der Waals surface area contributed by atoms with Crippen LogP contribution in [0.2, 0.25) is 0 Å². The minimum absolute atomic E-state index is 0.107. The maximum Gasteiger partial charge on any atom is 0.307 e. The molecule has 1 heterocycles. The van der Waals surface area contributed by atoms with Gasteiger partial charge in [-0.3, -0.25) is 9.69 Å². The summed E-state index contributed by atoms with van der Waals surface area (Å²) in [7, 11) is 0. The third-order valence-electron chi connectivity index (χ3n) is 3.64. The number of carboxylic acids is 1. The molecule has 3 heteroatoms. The number of hydrogen-bond acceptors (Lipinski definition) is 2. The number of aliphatic carboxylic acids is 1. The smallest absolute Gasteiger partial charge is 0.307 e. The molecule has 1 saturated carbocycles. The van der Waals surface area contributed by atoms with Gasteiger partial charge < -0.3 is 5.11 Å². The first-order chi connectivity index (χ1) is 6.77. The summed E-state index contributed by atoms with van der Waals surface area (Å²) >= 11 is 0. The highest BCUT2D eigenvalue weighted by atomic mass is 16.4. The van der Waals surface area contributed by atoms with E-state index in [-0.39, 0.29) is 5.92 Å². The highest BCUT2D eigenvalue weighted by Crippen LogP contribution is 2.27. The average Bonchev–Trinajstić information content (AvgIpc) is 2.71. The number of nitrogens with zero attached hydrogens (tertiary/aromatic N) is 1. The first kappa shape index (κ1) is 9.97. The Balaban J connectivity index is 1.89. The van der Waals surface area contributed by atoms with Gasteiger partial charge >= 0.3 is 5.97 Å². The molecular weight excluding hydrogens is 178 g/mol. The van der Waals surface area contributed by atoms with Crippen molar-refractivity contribution in [1.29, 1.82) is 0 Å². The molecule has 1 aliphatic heterocycles. The summed E-state index contributed by atoms with van der Waals surface area (Å²) in [4.78, 5) is 13.3. The lowest BCUT2D eigenvalue weighted by molar-refractivity contribution is -0.143. The Morgan fingerprint density at radius 1 is 1.14 bits per heavy atom. The third-order valence-corrected chi connectivity index (χ3v) is 3.64. The van der Waals surface area contributed by atoms with Crippen molar-refractivity contribution in [2.75, 3.05) is 13.1 Å². The molecule has 14 heavy (non-hydrogen) atoms. The van der Waals surface area contributed by atoms with Gasteiger partial charge in [-0.2, -0.15) is 0 Å². The van der Waals surface area contributed by atoms with Crippen LogP contribution in [0.4, 0.5) is 0 Å². The van der Waals surface area contributed by atoms with Gasteiger partial charge in [-0.25, -0.2) is 0 Å². The van der Waals surface area contributed by atoms with Crippen molar-refractivity contribution < 1.29 is 9.90 Å². The molecule has 1 unspecified atom stereocenters. The molecule has 0 aromatic rings. The van der Waals surface area contributed by atoms with Crippen LogP contribution in [0.1, 0.15) is 38.5 Å². The van der Waals surface area contributed by atoms with Crippen LogP contribution in [0.5, 0.6) is 0 Å². The highest BCUT2D eigenvalue weighted by Gasteiger charge is 2.30. The van der Waals surface area contributed by atoms with Crippen molar-refractivity contribution in [3.8, 4) is 0 Å². The molecule has 1 saturated heterocycles. The first-order valence-corrected chi connectivity index (χ1v) is 5.74. The van der Waals surface area contributed by atoms with Gasteiger partial charge in [-0.1, -0.05) is 12.8 Å². The van der Waals surface area contributed by atoms with Gasteiger partial charge in [0, 0.05) is 12.6 Å². The molecule has 0 amide bonds. The predicted molar refractivity (Wildman–Crippen MR) is 54.2 cm³/mol. The third kappa shape index (κ3) is 2.08. The van der Waals surface area contributed by atoms with E-state index in [0.29, 0.717) is 6.04 Å². The van der Waals surface area contributed by atoms with Crippen LogP contribution in [0.25, 0.3) is 0 Å². The Morgan fingerprint density at radius 3 is 2.50 bits per heavy atom. The number of hydrogen-bond donors (Lipinski definition) is 1. The Kier molecular flexibility index (Phi) is 3.06. The molecule has 0 bridgehead atoms. The van der Waals surface area contributed by atoms with Crippen LogP contribution < -0.4 is 0 Å². The second kappa shape index (κ2) is 4.30. The Hall–Kier alpha value is -0.570. The van der Waals surface area contributed by atoms with Crippen molar-refractivity contribution >= 4 is 5.97 Å². The fourth-order valence-electron chi connectivity index (χ4n) is 2.81. The molecule has 0 aromatic heterocycles. The SMILES string of the molecule is O=C(O)C1CCCN(C2CCCC2)C1. The lowest BCUT2D eigenvalue weighted by Crippen LogP contribution is -2.43. The topological polar surface area (TPSA) is 40.5 Å². The minimum atomic E-state index is -0.604. The molecule has 0 aromatic carbocycles. The zero-order valence-corrected chi connectivity index (χ0v) is 8.61. The summed E-state index contributed by atoms with van der Waals surface area (Å²) in [5.41, 5.74) is 0. The summed E-state index contributed by atoms with van der Waals surface area (Å²) < 4.78 is 0. The average molecular weight is 197 g/mol. The van der Waals surface area contributed by atoms with E-state index >= 15 is 0 Å². The molecule has 2 aliphatic rings. The summed E-state index contributed by atoms with van der Waals surface area (Å²) in [6, 6.07) is 0.692. The van der Waals surface area contributed by atoms with Gasteiger partial charge in [-0.15, -0.1) is 0 Å². The van der Waals surface area contributed by atoms with Gasteiger partial charge in [0.05, 0.1) is 5.92 Å². The molecular formula is C11H19NO2. The number of carboxylic acid groups (broad SMARTS) is 1. The van der Waals surface area contributed by atoms with Gasteiger partial charge in [0.15, 0.2) is 0 Å². The minimum Gasteiger partial charge on any atom is -0.481 e. The van der Waals surface area contributed by atoms with E-state index in [0.717, 1.165) is 25.9 Å². The first-order valence-electron chi connectivity index (χ1n) is 5.74. The van der Waals surface area contributed by atoms with Gasteiger partial charge in [0.25, 0.3) is 0 Å². The van der Waals surface area contributed by atoms with E-state index < -0.39 is 5.97 Å². The van der Waals surface area contributed by atoms with E-state index in [9.17, 15) is 4.79 Å². The van der Waals surface area contributed by atoms with Crippen molar-refractivity contribution in [1.82, 2.24) is 4.90 Å². The molecule has 2 fully saturated rings. The van der Waals surface area contributed by atoms with Crippen LogP contribution in [-0.4, -0.2) is 35.1 Å². The maximum absolute atomic E-state index is 10.9. The number of carbonyl (C=O) groups is 1. The summed E-state index contributed by atoms with van der Waals surface area (Å²) in [6.45, 7) is 1.91. The molecule has 3 nitrogen and oxygen atoms in total. The standard InChI is InChI=1S/C11H19NO2/c13-11(14)9-4-3-7-12(8-9)10-5-1-2-6-10/h9-10H,1-8H2,(H,13,14). The fourth-order valence-corrected chi connectivity index (χ4v) is 2.81. The van der Waals surface area contributed by atoms with Crippen LogP contribution in [0.15, 0.2) is 0 Å². The van der Waals surface area contributed by atoms with Gasteiger partial charge in [-0.05, 0) is 32.2 Å². The van der Waals surface area contributed by atoms with E-state index in [1.165, 1.54) is 25.7 Å². The summed E-state index contributed by atoms with van der Waals surface area (Å²) in [6.07, 6.45) is 7.17. The van der Waals surface area contributed by atoms with Crippen LogP contribution >= 0.6 is 0 Å². The zero-order chi connectivity index (χ0) is 9.97. The molecule has 2 rings (SSSR count). The van der Waals surface area contributed by atoms with Crippen molar-refractivity contribution in [3.63, 3.8) is 0 Å². The molecule has 80 valence electrons. The number of piperidine rings is 1. The van der Waals surface area contributed by atoms with Crippen LogP contribution in [-0.2, 0) is 4.79 Å². The molecule has 1 aliphatic carbocycles. The fraction of sp³-hybridized carbons (Fsp3) is 0.909. The van der Waals surface area contributed by atoms with Crippen molar-refractivity contribution in [3.05, 3.63) is 0 Å². The monoisotopic (exact) mass is 197 g/mol. The lowest BCUT2D eigenvalue weighted by atomic mass is 9.96. The van der Waals surface area contributed by atoms with E-state index in [2.05, 4.69) is 4.90 Å².